The zero-order valence-corrected chi connectivity index (χ0v) is 14.2. The maximum Gasteiger partial charge on any atom is 0.408 e. The number of hydrogen-bond donors (Lipinski definition) is 2. The first-order chi connectivity index (χ1) is 10.7. The standard InChI is InChI=1S/C18H25NO4/c1-5-6-12-7-9-13(10-8-12)14-11-18(14,15(20)21)19-16(22)23-17(2,3)4/h7-10,14H,5-6,11H2,1-4H3,(H,19,22)(H,20,21). The van der Waals surface area contributed by atoms with Crippen molar-refractivity contribution in [2.24, 2.45) is 0 Å². The van der Waals surface area contributed by atoms with Gasteiger partial charge in [0.25, 0.3) is 0 Å². The summed E-state index contributed by atoms with van der Waals surface area (Å²) < 4.78 is 5.19. The minimum atomic E-state index is -1.26. The van der Waals surface area contributed by atoms with Crippen LogP contribution >= 0.6 is 0 Å². The minimum absolute atomic E-state index is 0.219. The SMILES string of the molecule is CCCc1ccc(C2CC2(NC(=O)OC(C)(C)C)C(=O)O)cc1. The third-order valence-corrected chi connectivity index (χ3v) is 3.99. The molecule has 5 heteroatoms. The van der Waals surface area contributed by atoms with Gasteiger partial charge in [-0.3, -0.25) is 0 Å². The zero-order valence-electron chi connectivity index (χ0n) is 14.2. The Labute approximate surface area is 137 Å². The summed E-state index contributed by atoms with van der Waals surface area (Å²) in [5, 5.41) is 12.1. The zero-order chi connectivity index (χ0) is 17.3. The number of benzene rings is 1. The van der Waals surface area contributed by atoms with E-state index in [9.17, 15) is 14.7 Å². The summed E-state index contributed by atoms with van der Waals surface area (Å²) in [7, 11) is 0. The molecule has 0 bridgehead atoms. The van der Waals surface area contributed by atoms with E-state index in [1.54, 1.807) is 20.8 Å². The van der Waals surface area contributed by atoms with Gasteiger partial charge in [-0.05, 0) is 44.7 Å². The molecule has 126 valence electrons. The third kappa shape index (κ3) is 4.03. The second-order valence-corrected chi connectivity index (χ2v) is 7.15. The van der Waals surface area contributed by atoms with Gasteiger partial charge in [0, 0.05) is 5.92 Å². The van der Waals surface area contributed by atoms with Crippen molar-refractivity contribution in [1.82, 2.24) is 5.32 Å². The van der Waals surface area contributed by atoms with Crippen molar-refractivity contribution in [3.05, 3.63) is 35.4 Å². The summed E-state index contributed by atoms with van der Waals surface area (Å²) in [6, 6.07) is 7.96. The van der Waals surface area contributed by atoms with Crippen LogP contribution in [-0.4, -0.2) is 28.3 Å². The highest BCUT2D eigenvalue weighted by Crippen LogP contribution is 2.51. The highest BCUT2D eigenvalue weighted by molar-refractivity contribution is 5.90. The van der Waals surface area contributed by atoms with Gasteiger partial charge in [0.1, 0.15) is 11.1 Å². The molecule has 2 rings (SSSR count). The lowest BCUT2D eigenvalue weighted by Crippen LogP contribution is -2.46. The molecule has 0 heterocycles. The summed E-state index contributed by atoms with van der Waals surface area (Å²) >= 11 is 0. The van der Waals surface area contributed by atoms with E-state index in [0.29, 0.717) is 6.42 Å². The van der Waals surface area contributed by atoms with Gasteiger partial charge >= 0.3 is 12.1 Å². The molecule has 1 amide bonds. The second kappa shape index (κ2) is 6.22. The fourth-order valence-corrected chi connectivity index (χ4v) is 2.78. The van der Waals surface area contributed by atoms with Gasteiger partial charge in [0.05, 0.1) is 0 Å². The van der Waals surface area contributed by atoms with Gasteiger partial charge < -0.3 is 15.2 Å². The highest BCUT2D eigenvalue weighted by atomic mass is 16.6. The molecular formula is C18H25NO4. The monoisotopic (exact) mass is 319 g/mol. The lowest BCUT2D eigenvalue weighted by atomic mass is 10.0. The number of carbonyl (C=O) groups excluding carboxylic acids is 1. The number of carbonyl (C=O) groups is 2. The van der Waals surface area contributed by atoms with Crippen LogP contribution in [0.1, 0.15) is 57.6 Å². The normalized spacial score (nSPS) is 23.2. The number of nitrogens with one attached hydrogen (secondary N) is 1. The number of carboxylic acid groups (broad SMARTS) is 1. The Balaban J connectivity index is 2.10. The topological polar surface area (TPSA) is 75.6 Å². The van der Waals surface area contributed by atoms with E-state index in [-0.39, 0.29) is 5.92 Å². The molecule has 1 aliphatic carbocycles. The largest absolute Gasteiger partial charge is 0.479 e. The molecule has 1 fully saturated rings. The Morgan fingerprint density at radius 3 is 2.39 bits per heavy atom. The fourth-order valence-electron chi connectivity index (χ4n) is 2.78. The molecule has 1 aliphatic rings. The summed E-state index contributed by atoms with van der Waals surface area (Å²) in [5.41, 5.74) is 0.256. The quantitative estimate of drug-likeness (QED) is 0.871. The number of amides is 1. The number of carboxylic acids is 1. The lowest BCUT2D eigenvalue weighted by molar-refractivity contribution is -0.140. The summed E-state index contributed by atoms with van der Waals surface area (Å²) in [6.45, 7) is 7.36. The van der Waals surface area contributed by atoms with Crippen molar-refractivity contribution < 1.29 is 19.4 Å². The van der Waals surface area contributed by atoms with Crippen LogP contribution in [0.3, 0.4) is 0 Å². The van der Waals surface area contributed by atoms with E-state index < -0.39 is 23.2 Å². The van der Waals surface area contributed by atoms with E-state index in [2.05, 4.69) is 12.2 Å². The van der Waals surface area contributed by atoms with Gasteiger partial charge in [-0.1, -0.05) is 37.6 Å². The Kier molecular flexibility index (Phi) is 4.68. The third-order valence-electron chi connectivity index (χ3n) is 3.99. The van der Waals surface area contributed by atoms with Crippen LogP contribution in [0.2, 0.25) is 0 Å². The van der Waals surface area contributed by atoms with E-state index in [4.69, 9.17) is 4.74 Å². The molecule has 1 aromatic carbocycles. The molecule has 1 aromatic rings. The molecule has 23 heavy (non-hydrogen) atoms. The van der Waals surface area contributed by atoms with E-state index >= 15 is 0 Å². The van der Waals surface area contributed by atoms with Gasteiger partial charge in [-0.2, -0.15) is 0 Å². The van der Waals surface area contributed by atoms with Crippen LogP contribution in [0.15, 0.2) is 24.3 Å². The molecule has 2 unspecified atom stereocenters. The van der Waals surface area contributed by atoms with Crippen molar-refractivity contribution in [3.8, 4) is 0 Å². The molecule has 2 N–H and O–H groups in total. The number of aryl methyl sites for hydroxylation is 1. The first-order valence-corrected chi connectivity index (χ1v) is 8.01. The minimum Gasteiger partial charge on any atom is -0.479 e. The lowest BCUT2D eigenvalue weighted by Gasteiger charge is -2.22. The number of ether oxygens (including phenoxy) is 1. The molecule has 5 nitrogen and oxygen atoms in total. The van der Waals surface area contributed by atoms with Crippen LogP contribution in [0.25, 0.3) is 0 Å². The molecule has 0 saturated heterocycles. The summed E-state index contributed by atoms with van der Waals surface area (Å²) in [6.07, 6.45) is 1.77. The van der Waals surface area contributed by atoms with E-state index in [0.717, 1.165) is 18.4 Å². The van der Waals surface area contributed by atoms with Crippen LogP contribution in [0, 0.1) is 0 Å². The molecule has 0 radical (unpaired) electrons. The molecule has 2 atom stereocenters. The Bertz CT molecular complexity index is 588. The van der Waals surface area contributed by atoms with Crippen molar-refractivity contribution in [2.45, 2.75) is 64.0 Å². The maximum atomic E-state index is 11.9. The Morgan fingerprint density at radius 2 is 1.91 bits per heavy atom. The Hall–Kier alpha value is -2.04. The predicted molar refractivity (Wildman–Crippen MR) is 87.5 cm³/mol. The first-order valence-electron chi connectivity index (χ1n) is 8.01. The van der Waals surface area contributed by atoms with Crippen LogP contribution in [-0.2, 0) is 16.0 Å². The molecule has 0 spiro atoms. The Morgan fingerprint density at radius 1 is 1.30 bits per heavy atom. The fraction of sp³-hybridized carbons (Fsp3) is 0.556. The van der Waals surface area contributed by atoms with Crippen molar-refractivity contribution >= 4 is 12.1 Å². The molecule has 0 aliphatic heterocycles. The maximum absolute atomic E-state index is 11.9. The van der Waals surface area contributed by atoms with Crippen LogP contribution < -0.4 is 5.32 Å². The molecular weight excluding hydrogens is 294 g/mol. The van der Waals surface area contributed by atoms with Crippen molar-refractivity contribution in [1.29, 1.82) is 0 Å². The van der Waals surface area contributed by atoms with E-state index in [1.165, 1.54) is 5.56 Å². The van der Waals surface area contributed by atoms with Gasteiger partial charge in [0.2, 0.25) is 0 Å². The number of rotatable bonds is 5. The second-order valence-electron chi connectivity index (χ2n) is 7.15. The van der Waals surface area contributed by atoms with Gasteiger partial charge in [0.15, 0.2) is 0 Å². The highest BCUT2D eigenvalue weighted by Gasteiger charge is 2.62. The summed E-state index contributed by atoms with van der Waals surface area (Å²) in [4.78, 5) is 23.6. The van der Waals surface area contributed by atoms with Crippen LogP contribution in [0.4, 0.5) is 4.79 Å². The van der Waals surface area contributed by atoms with Crippen LogP contribution in [0.5, 0.6) is 0 Å². The number of aliphatic carboxylic acids is 1. The first kappa shape index (κ1) is 17.3. The summed E-state index contributed by atoms with van der Waals surface area (Å²) in [5.74, 6) is -1.24. The molecule has 1 saturated carbocycles. The predicted octanol–water partition coefficient (Wildman–Crippen LogP) is 3.47. The van der Waals surface area contributed by atoms with Gasteiger partial charge in [-0.25, -0.2) is 9.59 Å². The van der Waals surface area contributed by atoms with Gasteiger partial charge in [-0.15, -0.1) is 0 Å². The smallest absolute Gasteiger partial charge is 0.408 e. The number of hydrogen-bond acceptors (Lipinski definition) is 3. The average molecular weight is 319 g/mol. The van der Waals surface area contributed by atoms with Crippen molar-refractivity contribution in [3.63, 3.8) is 0 Å². The number of alkyl carbamates (subject to hydrolysis) is 1. The van der Waals surface area contributed by atoms with E-state index in [1.807, 2.05) is 24.3 Å². The molecule has 0 aromatic heterocycles. The average Bonchev–Trinajstić information content (AvgIpc) is 3.13. The van der Waals surface area contributed by atoms with Crippen molar-refractivity contribution in [2.75, 3.05) is 0 Å².